The fourth-order valence-electron chi connectivity index (χ4n) is 3.56. The number of rotatable bonds is 12. The second kappa shape index (κ2) is 13.0. The molecule has 2 aromatic carbocycles. The van der Waals surface area contributed by atoms with Crippen molar-refractivity contribution in [2.24, 2.45) is 0 Å². The fraction of sp³-hybridized carbons (Fsp3) is 0.417. The molecule has 0 bridgehead atoms. The zero-order chi connectivity index (χ0) is 25.3. The number of amides is 2. The van der Waals surface area contributed by atoms with Crippen molar-refractivity contribution in [2.45, 2.75) is 39.2 Å². The van der Waals surface area contributed by atoms with E-state index in [1.165, 1.54) is 23.1 Å². The molecule has 0 heterocycles. The molecule has 1 unspecified atom stereocenters. The summed E-state index contributed by atoms with van der Waals surface area (Å²) < 4.78 is 26.2. The number of hydrogen-bond donors (Lipinski definition) is 1. The second-order valence-corrected chi connectivity index (χ2v) is 10.7. The summed E-state index contributed by atoms with van der Waals surface area (Å²) in [6.07, 6.45) is 2.68. The molecule has 0 saturated carbocycles. The molecule has 1 atom stereocenters. The largest absolute Gasteiger partial charge is 0.354 e. The Hall–Kier alpha value is -2.29. The van der Waals surface area contributed by atoms with Crippen LogP contribution >= 0.6 is 23.2 Å². The molecule has 0 aromatic heterocycles. The van der Waals surface area contributed by atoms with Gasteiger partial charge in [0, 0.05) is 23.1 Å². The van der Waals surface area contributed by atoms with Gasteiger partial charge < -0.3 is 10.2 Å². The molecule has 0 aliphatic rings. The van der Waals surface area contributed by atoms with Crippen LogP contribution in [0.25, 0.3) is 0 Å². The highest BCUT2D eigenvalue weighted by Crippen LogP contribution is 2.27. The number of anilines is 1. The van der Waals surface area contributed by atoms with E-state index in [0.29, 0.717) is 19.4 Å². The predicted molar refractivity (Wildman–Crippen MR) is 138 cm³/mol. The Morgan fingerprint density at radius 2 is 1.65 bits per heavy atom. The molecule has 34 heavy (non-hydrogen) atoms. The molecule has 186 valence electrons. The summed E-state index contributed by atoms with van der Waals surface area (Å²) in [5.41, 5.74) is 1.19. The van der Waals surface area contributed by atoms with Crippen LogP contribution in [0, 0.1) is 0 Å². The minimum absolute atomic E-state index is 0.180. The molecular weight excluding hydrogens is 497 g/mol. The number of sulfonamides is 1. The first kappa shape index (κ1) is 28.0. The number of carbonyl (C=O) groups excluding carboxylic acids is 2. The molecule has 0 aliphatic carbocycles. The summed E-state index contributed by atoms with van der Waals surface area (Å²) in [5, 5.41) is 3.34. The molecule has 0 radical (unpaired) electrons. The van der Waals surface area contributed by atoms with Gasteiger partial charge in [-0.2, -0.15) is 0 Å². The minimum Gasteiger partial charge on any atom is -0.354 e. The maximum atomic E-state index is 13.5. The van der Waals surface area contributed by atoms with Crippen molar-refractivity contribution in [1.29, 1.82) is 0 Å². The van der Waals surface area contributed by atoms with E-state index in [2.05, 4.69) is 5.32 Å². The normalized spacial score (nSPS) is 12.1. The summed E-state index contributed by atoms with van der Waals surface area (Å²) in [5.74, 6) is -0.751. The van der Waals surface area contributed by atoms with Crippen LogP contribution in [0.5, 0.6) is 0 Å². The quantitative estimate of drug-likeness (QED) is 0.449. The lowest BCUT2D eigenvalue weighted by molar-refractivity contribution is -0.139. The topological polar surface area (TPSA) is 86.8 Å². The molecule has 0 aliphatic heterocycles. The van der Waals surface area contributed by atoms with Crippen molar-refractivity contribution < 1.29 is 18.0 Å². The van der Waals surface area contributed by atoms with Gasteiger partial charge in [0.2, 0.25) is 21.8 Å². The monoisotopic (exact) mass is 527 g/mol. The zero-order valence-corrected chi connectivity index (χ0v) is 22.0. The average molecular weight is 529 g/mol. The first-order valence-electron chi connectivity index (χ1n) is 11.1. The molecular formula is C24H31Cl2N3O4S. The van der Waals surface area contributed by atoms with E-state index in [9.17, 15) is 18.0 Å². The Balaban J connectivity index is 2.37. The van der Waals surface area contributed by atoms with E-state index in [0.717, 1.165) is 22.5 Å². The lowest BCUT2D eigenvalue weighted by Crippen LogP contribution is -2.53. The van der Waals surface area contributed by atoms with Crippen LogP contribution in [-0.4, -0.2) is 57.1 Å². The highest BCUT2D eigenvalue weighted by molar-refractivity contribution is 7.92. The van der Waals surface area contributed by atoms with Gasteiger partial charge in [0.15, 0.2) is 0 Å². The van der Waals surface area contributed by atoms with E-state index in [1.807, 2.05) is 44.2 Å². The third-order valence-corrected chi connectivity index (χ3v) is 6.81. The maximum absolute atomic E-state index is 13.5. The van der Waals surface area contributed by atoms with E-state index >= 15 is 0 Å². The first-order chi connectivity index (χ1) is 16.1. The minimum atomic E-state index is -3.85. The van der Waals surface area contributed by atoms with Gasteiger partial charge in [-0.3, -0.25) is 13.9 Å². The molecule has 0 saturated heterocycles. The van der Waals surface area contributed by atoms with Crippen molar-refractivity contribution in [3.63, 3.8) is 0 Å². The van der Waals surface area contributed by atoms with E-state index in [4.69, 9.17) is 23.2 Å². The standard InChI is InChI=1S/C24H31Cl2N3O4S/c1-4-12-27-24(31)22(5-2)28(13-11-18-9-7-6-8-10-18)23(30)17-29(34(3,32)33)21-15-19(25)14-20(26)16-21/h6-10,14-16,22H,4-5,11-13,17H2,1-3H3,(H,27,31). The van der Waals surface area contributed by atoms with E-state index in [1.54, 1.807) is 0 Å². The molecule has 10 heteroatoms. The molecule has 7 nitrogen and oxygen atoms in total. The third kappa shape index (κ3) is 8.18. The van der Waals surface area contributed by atoms with Gasteiger partial charge in [-0.05, 0) is 43.0 Å². The fourth-order valence-corrected chi connectivity index (χ4v) is 4.91. The molecule has 0 spiro atoms. The summed E-state index contributed by atoms with van der Waals surface area (Å²) in [6.45, 7) is 4.03. The zero-order valence-electron chi connectivity index (χ0n) is 19.6. The smallest absolute Gasteiger partial charge is 0.244 e. The summed E-state index contributed by atoms with van der Waals surface area (Å²) in [4.78, 5) is 27.8. The van der Waals surface area contributed by atoms with E-state index < -0.39 is 28.5 Å². The second-order valence-electron chi connectivity index (χ2n) is 7.94. The van der Waals surface area contributed by atoms with Crippen molar-refractivity contribution in [3.05, 3.63) is 64.1 Å². The van der Waals surface area contributed by atoms with Gasteiger partial charge in [0.25, 0.3) is 0 Å². The lowest BCUT2D eigenvalue weighted by Gasteiger charge is -2.33. The Bertz CT molecular complexity index is 1060. The van der Waals surface area contributed by atoms with Crippen molar-refractivity contribution >= 4 is 50.7 Å². The predicted octanol–water partition coefficient (Wildman–Crippen LogP) is 4.14. The Morgan fingerprint density at radius 3 is 2.18 bits per heavy atom. The lowest BCUT2D eigenvalue weighted by atomic mass is 10.1. The van der Waals surface area contributed by atoms with Gasteiger partial charge in [-0.1, -0.05) is 67.4 Å². The summed E-state index contributed by atoms with van der Waals surface area (Å²) in [6, 6.07) is 13.2. The molecule has 0 fully saturated rings. The Morgan fingerprint density at radius 1 is 1.03 bits per heavy atom. The van der Waals surface area contributed by atoms with Crippen LogP contribution in [0.4, 0.5) is 5.69 Å². The number of nitrogens with zero attached hydrogens (tertiary/aromatic N) is 2. The molecule has 2 rings (SSSR count). The Kier molecular flexibility index (Phi) is 10.7. The van der Waals surface area contributed by atoms with Crippen LogP contribution in [0.2, 0.25) is 10.0 Å². The SMILES string of the molecule is CCCNC(=O)C(CC)N(CCc1ccccc1)C(=O)CN(c1cc(Cl)cc(Cl)c1)S(C)(=O)=O. The van der Waals surface area contributed by atoms with Crippen LogP contribution < -0.4 is 9.62 Å². The molecule has 2 amide bonds. The average Bonchev–Trinajstić information content (AvgIpc) is 2.77. The third-order valence-electron chi connectivity index (χ3n) is 5.23. The first-order valence-corrected chi connectivity index (χ1v) is 13.7. The highest BCUT2D eigenvalue weighted by atomic mass is 35.5. The van der Waals surface area contributed by atoms with Crippen LogP contribution in [0.15, 0.2) is 48.5 Å². The Labute approximate surface area is 212 Å². The maximum Gasteiger partial charge on any atom is 0.244 e. The van der Waals surface area contributed by atoms with Crippen LogP contribution in [0.1, 0.15) is 32.3 Å². The number of carbonyl (C=O) groups is 2. The van der Waals surface area contributed by atoms with Crippen molar-refractivity contribution in [1.82, 2.24) is 10.2 Å². The van der Waals surface area contributed by atoms with Gasteiger partial charge in [0.1, 0.15) is 12.6 Å². The van der Waals surface area contributed by atoms with Crippen LogP contribution in [0.3, 0.4) is 0 Å². The summed E-state index contributed by atoms with van der Waals surface area (Å²) in [7, 11) is -3.85. The number of nitrogens with one attached hydrogen (secondary N) is 1. The number of benzene rings is 2. The molecule has 1 N–H and O–H groups in total. The van der Waals surface area contributed by atoms with Crippen molar-refractivity contribution in [2.75, 3.05) is 30.2 Å². The van der Waals surface area contributed by atoms with Crippen molar-refractivity contribution in [3.8, 4) is 0 Å². The van der Waals surface area contributed by atoms with Gasteiger partial charge in [-0.15, -0.1) is 0 Å². The van der Waals surface area contributed by atoms with Crippen LogP contribution in [-0.2, 0) is 26.0 Å². The van der Waals surface area contributed by atoms with E-state index in [-0.39, 0.29) is 28.2 Å². The summed E-state index contributed by atoms with van der Waals surface area (Å²) >= 11 is 12.1. The molecule has 2 aromatic rings. The number of halogens is 2. The highest BCUT2D eigenvalue weighted by Gasteiger charge is 2.31. The van der Waals surface area contributed by atoms with Gasteiger partial charge >= 0.3 is 0 Å². The van der Waals surface area contributed by atoms with Gasteiger partial charge in [0.05, 0.1) is 11.9 Å². The van der Waals surface area contributed by atoms with Gasteiger partial charge in [-0.25, -0.2) is 8.42 Å². The number of hydrogen-bond acceptors (Lipinski definition) is 4.